The Labute approximate surface area is 134 Å². The topological polar surface area (TPSA) is 15.3 Å². The molecule has 1 aromatic rings. The summed E-state index contributed by atoms with van der Waals surface area (Å²) in [5.74, 6) is 0.657. The first-order valence-corrected chi connectivity index (χ1v) is 8.61. The van der Waals surface area contributed by atoms with Gasteiger partial charge in [-0.25, -0.2) is 0 Å². The van der Waals surface area contributed by atoms with Gasteiger partial charge in [-0.2, -0.15) is 0 Å². The van der Waals surface area contributed by atoms with Crippen LogP contribution in [0.15, 0.2) is 18.2 Å². The van der Waals surface area contributed by atoms with E-state index >= 15 is 0 Å². The van der Waals surface area contributed by atoms with Crippen LogP contribution in [0.5, 0.6) is 0 Å². The van der Waals surface area contributed by atoms with Gasteiger partial charge in [0.1, 0.15) is 0 Å². The molecule has 21 heavy (non-hydrogen) atoms. The highest BCUT2D eigenvalue weighted by atomic mass is 35.5. The maximum atomic E-state index is 6.43. The van der Waals surface area contributed by atoms with Crippen molar-refractivity contribution in [1.82, 2.24) is 10.2 Å². The van der Waals surface area contributed by atoms with Crippen LogP contribution >= 0.6 is 11.6 Å². The highest BCUT2D eigenvalue weighted by molar-refractivity contribution is 6.31. The van der Waals surface area contributed by atoms with E-state index in [-0.39, 0.29) is 0 Å². The minimum absolute atomic E-state index is 0.593. The molecule has 118 valence electrons. The van der Waals surface area contributed by atoms with Gasteiger partial charge in [0.05, 0.1) is 0 Å². The summed E-state index contributed by atoms with van der Waals surface area (Å²) in [6, 6.07) is 7.64. The molecule has 3 heteroatoms. The van der Waals surface area contributed by atoms with Crippen molar-refractivity contribution in [2.45, 2.75) is 59.2 Å². The van der Waals surface area contributed by atoms with Crippen LogP contribution in [0.25, 0.3) is 0 Å². The zero-order valence-electron chi connectivity index (χ0n) is 13.8. The van der Waals surface area contributed by atoms with E-state index in [0.717, 1.165) is 24.7 Å². The molecule has 0 bridgehead atoms. The van der Waals surface area contributed by atoms with Crippen molar-refractivity contribution in [3.8, 4) is 0 Å². The first-order chi connectivity index (χ1) is 10.0. The quantitative estimate of drug-likeness (QED) is 0.875. The average Bonchev–Trinajstić information content (AvgIpc) is 2.42. The molecule has 1 heterocycles. The van der Waals surface area contributed by atoms with Crippen molar-refractivity contribution in [1.29, 1.82) is 0 Å². The van der Waals surface area contributed by atoms with E-state index in [1.807, 2.05) is 0 Å². The number of hydrogen-bond acceptors (Lipinski definition) is 2. The fourth-order valence-electron chi connectivity index (χ4n) is 3.28. The molecule has 1 saturated heterocycles. The third kappa shape index (κ3) is 4.45. The molecule has 0 aromatic heterocycles. The van der Waals surface area contributed by atoms with E-state index in [9.17, 15) is 0 Å². The van der Waals surface area contributed by atoms with Crippen LogP contribution in [0, 0.1) is 12.8 Å². The molecule has 1 N–H and O–H groups in total. The monoisotopic (exact) mass is 308 g/mol. The first-order valence-electron chi connectivity index (χ1n) is 8.23. The van der Waals surface area contributed by atoms with Gasteiger partial charge in [0.15, 0.2) is 0 Å². The summed E-state index contributed by atoms with van der Waals surface area (Å²) in [5.41, 5.74) is 2.48. The van der Waals surface area contributed by atoms with Crippen LogP contribution in [-0.2, 0) is 6.54 Å². The molecule has 2 atom stereocenters. The first kappa shape index (κ1) is 16.8. The van der Waals surface area contributed by atoms with Crippen LogP contribution in [0.1, 0.15) is 44.7 Å². The van der Waals surface area contributed by atoms with Gasteiger partial charge in [-0.3, -0.25) is 4.90 Å². The van der Waals surface area contributed by atoms with Crippen LogP contribution in [0.3, 0.4) is 0 Å². The minimum atomic E-state index is 0.593. The predicted octanol–water partition coefficient (Wildman–Crippen LogP) is 4.25. The van der Waals surface area contributed by atoms with Gasteiger partial charge >= 0.3 is 0 Å². The van der Waals surface area contributed by atoms with Gasteiger partial charge in [-0.1, -0.05) is 50.9 Å². The molecule has 1 aromatic carbocycles. The Bertz CT molecular complexity index is 459. The van der Waals surface area contributed by atoms with E-state index < -0.39 is 0 Å². The number of nitrogens with zero attached hydrogens (tertiary/aromatic N) is 1. The van der Waals surface area contributed by atoms with Crippen molar-refractivity contribution in [2.75, 3.05) is 13.1 Å². The Morgan fingerprint density at radius 1 is 1.38 bits per heavy atom. The van der Waals surface area contributed by atoms with Crippen molar-refractivity contribution < 1.29 is 0 Å². The van der Waals surface area contributed by atoms with E-state index in [2.05, 4.69) is 56.1 Å². The van der Waals surface area contributed by atoms with Crippen molar-refractivity contribution in [2.24, 2.45) is 5.92 Å². The zero-order chi connectivity index (χ0) is 15.4. The lowest BCUT2D eigenvalue weighted by molar-refractivity contribution is 0.0885. The summed E-state index contributed by atoms with van der Waals surface area (Å²) in [7, 11) is 0. The lowest BCUT2D eigenvalue weighted by atomic mass is 9.96. The van der Waals surface area contributed by atoms with E-state index in [1.54, 1.807) is 0 Å². The van der Waals surface area contributed by atoms with E-state index in [4.69, 9.17) is 11.6 Å². The molecule has 1 aliphatic heterocycles. The second kappa shape index (κ2) is 7.62. The molecule has 2 rings (SSSR count). The lowest BCUT2D eigenvalue weighted by Crippen LogP contribution is -2.57. The Balaban J connectivity index is 2.11. The minimum Gasteiger partial charge on any atom is -0.311 e. The third-order valence-electron chi connectivity index (χ3n) is 4.53. The Morgan fingerprint density at radius 2 is 2.14 bits per heavy atom. The summed E-state index contributed by atoms with van der Waals surface area (Å²) in [6.07, 6.45) is 2.49. The normalized spacial score (nSPS) is 23.7. The Kier molecular flexibility index (Phi) is 6.09. The number of halogens is 1. The van der Waals surface area contributed by atoms with Crippen LogP contribution in [0.4, 0.5) is 0 Å². The maximum Gasteiger partial charge on any atom is 0.0453 e. The van der Waals surface area contributed by atoms with Crippen molar-refractivity contribution >= 4 is 11.6 Å². The Hall–Kier alpha value is -0.570. The largest absolute Gasteiger partial charge is 0.311 e. The smallest absolute Gasteiger partial charge is 0.0453 e. The number of hydrogen-bond donors (Lipinski definition) is 1. The van der Waals surface area contributed by atoms with Crippen LogP contribution in [0.2, 0.25) is 5.02 Å². The van der Waals surface area contributed by atoms with Crippen molar-refractivity contribution in [3.63, 3.8) is 0 Å². The van der Waals surface area contributed by atoms with Gasteiger partial charge in [-0.15, -0.1) is 0 Å². The highest BCUT2D eigenvalue weighted by Crippen LogP contribution is 2.24. The predicted molar refractivity (Wildman–Crippen MR) is 91.9 cm³/mol. The second-order valence-electron chi connectivity index (χ2n) is 6.73. The third-order valence-corrected chi connectivity index (χ3v) is 4.88. The van der Waals surface area contributed by atoms with Crippen LogP contribution in [-0.4, -0.2) is 30.1 Å². The summed E-state index contributed by atoms with van der Waals surface area (Å²) in [6.45, 7) is 12.2. The summed E-state index contributed by atoms with van der Waals surface area (Å²) < 4.78 is 0. The number of piperazine rings is 1. The van der Waals surface area contributed by atoms with Crippen molar-refractivity contribution in [3.05, 3.63) is 34.3 Å². The van der Waals surface area contributed by atoms with Gasteiger partial charge in [0.2, 0.25) is 0 Å². The number of rotatable bonds is 5. The van der Waals surface area contributed by atoms with Crippen LogP contribution < -0.4 is 5.32 Å². The molecule has 0 amide bonds. The molecule has 1 aliphatic rings. The molecule has 2 nitrogen and oxygen atoms in total. The lowest BCUT2D eigenvalue weighted by Gasteiger charge is -2.42. The fraction of sp³-hybridized carbons (Fsp3) is 0.667. The Morgan fingerprint density at radius 3 is 2.76 bits per heavy atom. The fourth-order valence-corrected chi connectivity index (χ4v) is 3.57. The SMILES string of the molecule is CCCC1CN(Cc2ccc(C)cc2Cl)C(C(C)C)CN1. The molecule has 0 saturated carbocycles. The molecular formula is C18H29ClN2. The molecule has 0 aliphatic carbocycles. The molecule has 0 spiro atoms. The molecular weight excluding hydrogens is 280 g/mol. The molecule has 2 unspecified atom stereocenters. The number of benzene rings is 1. The van der Waals surface area contributed by atoms with Gasteiger partial charge < -0.3 is 5.32 Å². The van der Waals surface area contributed by atoms with E-state index in [1.165, 1.54) is 24.0 Å². The van der Waals surface area contributed by atoms with Gasteiger partial charge in [-0.05, 0) is 36.5 Å². The summed E-state index contributed by atoms with van der Waals surface area (Å²) in [5, 5.41) is 4.62. The highest BCUT2D eigenvalue weighted by Gasteiger charge is 2.29. The van der Waals surface area contributed by atoms with Gasteiger partial charge in [0, 0.05) is 36.7 Å². The maximum absolute atomic E-state index is 6.43. The molecule has 0 radical (unpaired) electrons. The number of nitrogens with one attached hydrogen (secondary N) is 1. The summed E-state index contributed by atoms with van der Waals surface area (Å²) in [4.78, 5) is 2.62. The number of aryl methyl sites for hydroxylation is 1. The van der Waals surface area contributed by atoms with Gasteiger partial charge in [0.25, 0.3) is 0 Å². The standard InChI is InChI=1S/C18H29ClN2/c1-5-6-16-12-21(18(10-20-16)13(2)3)11-15-8-7-14(4)9-17(15)19/h7-9,13,16,18,20H,5-6,10-12H2,1-4H3. The zero-order valence-corrected chi connectivity index (χ0v) is 14.6. The summed E-state index contributed by atoms with van der Waals surface area (Å²) >= 11 is 6.43. The average molecular weight is 309 g/mol. The second-order valence-corrected chi connectivity index (χ2v) is 7.14. The molecule has 1 fully saturated rings. The van der Waals surface area contributed by atoms with E-state index in [0.29, 0.717) is 18.0 Å².